The van der Waals surface area contributed by atoms with E-state index in [0.29, 0.717) is 5.82 Å². The number of carbonyl (C=O) groups is 2. The number of aryl methyl sites for hydroxylation is 1. The van der Waals surface area contributed by atoms with Gasteiger partial charge in [-0.1, -0.05) is 0 Å². The summed E-state index contributed by atoms with van der Waals surface area (Å²) in [4.78, 5) is 26.4. The van der Waals surface area contributed by atoms with Gasteiger partial charge in [0.15, 0.2) is 11.6 Å². The summed E-state index contributed by atoms with van der Waals surface area (Å²) < 4.78 is 1.29. The highest BCUT2D eigenvalue weighted by Gasteiger charge is 2.19. The molecule has 0 saturated carbocycles. The third-order valence-corrected chi connectivity index (χ3v) is 2.41. The minimum Gasteiger partial charge on any atom is -0.477 e. The van der Waals surface area contributed by atoms with Gasteiger partial charge in [0, 0.05) is 13.1 Å². The molecule has 0 unspecified atom stereocenters. The van der Waals surface area contributed by atoms with Gasteiger partial charge in [-0.2, -0.15) is 9.78 Å². The molecule has 19 heavy (non-hydrogen) atoms. The topological polar surface area (TPSA) is 97.1 Å². The molecule has 0 aliphatic heterocycles. The van der Waals surface area contributed by atoms with Crippen molar-refractivity contribution in [1.29, 1.82) is 0 Å². The number of pyridine rings is 1. The molecule has 1 amide bonds. The van der Waals surface area contributed by atoms with Crippen molar-refractivity contribution in [3.63, 3.8) is 0 Å². The maximum Gasteiger partial charge on any atom is 0.341 e. The molecule has 2 aromatic rings. The lowest BCUT2D eigenvalue weighted by molar-refractivity contribution is -0.114. The number of aromatic carboxylic acids is 1. The molecule has 0 aliphatic carbocycles. The fourth-order valence-electron chi connectivity index (χ4n) is 1.60. The molecule has 0 aromatic carbocycles. The van der Waals surface area contributed by atoms with E-state index in [9.17, 15) is 9.59 Å². The zero-order valence-corrected chi connectivity index (χ0v) is 10.4. The van der Waals surface area contributed by atoms with Crippen LogP contribution in [0.3, 0.4) is 0 Å². The zero-order valence-electron chi connectivity index (χ0n) is 10.4. The van der Waals surface area contributed by atoms with Gasteiger partial charge in [0.25, 0.3) is 0 Å². The SMILES string of the molecule is CC(=O)Nc1c(C(=O)O)cnn1-c1cc(C)ccn1. The average molecular weight is 260 g/mol. The number of hydrogen-bond donors (Lipinski definition) is 2. The largest absolute Gasteiger partial charge is 0.477 e. The van der Waals surface area contributed by atoms with E-state index >= 15 is 0 Å². The number of amides is 1. The first-order chi connectivity index (χ1) is 8.99. The van der Waals surface area contributed by atoms with Gasteiger partial charge in [0.1, 0.15) is 5.56 Å². The fraction of sp³-hybridized carbons (Fsp3) is 0.167. The van der Waals surface area contributed by atoms with Gasteiger partial charge in [-0.05, 0) is 24.6 Å². The van der Waals surface area contributed by atoms with E-state index in [1.807, 2.05) is 13.0 Å². The van der Waals surface area contributed by atoms with Crippen molar-refractivity contribution >= 4 is 17.7 Å². The molecular weight excluding hydrogens is 248 g/mol. The average Bonchev–Trinajstić information content (AvgIpc) is 2.71. The highest BCUT2D eigenvalue weighted by atomic mass is 16.4. The summed E-state index contributed by atoms with van der Waals surface area (Å²) in [7, 11) is 0. The quantitative estimate of drug-likeness (QED) is 0.865. The first-order valence-electron chi connectivity index (χ1n) is 5.51. The third-order valence-electron chi connectivity index (χ3n) is 2.41. The van der Waals surface area contributed by atoms with E-state index in [0.717, 1.165) is 5.56 Å². The second kappa shape index (κ2) is 4.89. The molecule has 0 aliphatic rings. The number of rotatable bonds is 3. The standard InChI is InChI=1S/C12H12N4O3/c1-7-3-4-13-10(5-7)16-11(15-8(2)17)9(6-14-16)12(18)19/h3-6H,1-2H3,(H,15,17)(H,18,19). The Balaban J connectivity index is 2.57. The molecule has 7 nitrogen and oxygen atoms in total. The second-order valence-corrected chi connectivity index (χ2v) is 4.00. The van der Waals surface area contributed by atoms with E-state index in [2.05, 4.69) is 15.4 Å². The molecule has 0 spiro atoms. The Hall–Kier alpha value is -2.70. The van der Waals surface area contributed by atoms with Crippen molar-refractivity contribution in [2.45, 2.75) is 13.8 Å². The maximum absolute atomic E-state index is 11.2. The van der Waals surface area contributed by atoms with Crippen LogP contribution in [0.5, 0.6) is 0 Å². The number of nitrogens with zero attached hydrogens (tertiary/aromatic N) is 3. The Kier molecular flexibility index (Phi) is 3.28. The van der Waals surface area contributed by atoms with Crippen molar-refractivity contribution in [3.05, 3.63) is 35.7 Å². The molecule has 0 atom stereocenters. The molecule has 2 aromatic heterocycles. The van der Waals surface area contributed by atoms with Gasteiger partial charge in [0.2, 0.25) is 5.91 Å². The van der Waals surface area contributed by atoms with Crippen molar-refractivity contribution in [2.75, 3.05) is 5.32 Å². The molecule has 2 heterocycles. The van der Waals surface area contributed by atoms with Crippen LogP contribution in [0.25, 0.3) is 5.82 Å². The van der Waals surface area contributed by atoms with Gasteiger partial charge in [-0.15, -0.1) is 0 Å². The van der Waals surface area contributed by atoms with Crippen LogP contribution < -0.4 is 5.32 Å². The van der Waals surface area contributed by atoms with Crippen LogP contribution in [0.2, 0.25) is 0 Å². The third kappa shape index (κ3) is 2.59. The van der Waals surface area contributed by atoms with Crippen LogP contribution in [-0.4, -0.2) is 31.7 Å². The summed E-state index contributed by atoms with van der Waals surface area (Å²) in [6.07, 6.45) is 2.77. The highest BCUT2D eigenvalue weighted by Crippen LogP contribution is 2.19. The number of carbonyl (C=O) groups excluding carboxylic acids is 1. The zero-order chi connectivity index (χ0) is 14.0. The molecule has 0 saturated heterocycles. The number of hydrogen-bond acceptors (Lipinski definition) is 4. The van der Waals surface area contributed by atoms with Crippen LogP contribution in [0.15, 0.2) is 24.5 Å². The van der Waals surface area contributed by atoms with Gasteiger partial charge in [-0.25, -0.2) is 9.78 Å². The monoisotopic (exact) mass is 260 g/mol. The first kappa shape index (κ1) is 12.7. The smallest absolute Gasteiger partial charge is 0.341 e. The normalized spacial score (nSPS) is 10.2. The van der Waals surface area contributed by atoms with Gasteiger partial charge >= 0.3 is 5.97 Å². The van der Waals surface area contributed by atoms with E-state index < -0.39 is 5.97 Å². The molecule has 0 bridgehead atoms. The Bertz CT molecular complexity index is 648. The van der Waals surface area contributed by atoms with Crippen molar-refractivity contribution < 1.29 is 14.7 Å². The van der Waals surface area contributed by atoms with Crippen LogP contribution in [0.4, 0.5) is 5.82 Å². The summed E-state index contributed by atoms with van der Waals surface area (Å²) in [5.41, 5.74) is 0.865. The summed E-state index contributed by atoms with van der Waals surface area (Å²) >= 11 is 0. The molecule has 98 valence electrons. The Morgan fingerprint density at radius 1 is 1.42 bits per heavy atom. The number of carboxylic acid groups (broad SMARTS) is 1. The number of nitrogens with one attached hydrogen (secondary N) is 1. The molecule has 2 N–H and O–H groups in total. The molecule has 7 heteroatoms. The Morgan fingerprint density at radius 3 is 2.74 bits per heavy atom. The number of aromatic nitrogens is 3. The summed E-state index contributed by atoms with van der Waals surface area (Å²) in [6, 6.07) is 3.55. The van der Waals surface area contributed by atoms with Gasteiger partial charge in [-0.3, -0.25) is 4.79 Å². The lowest BCUT2D eigenvalue weighted by Crippen LogP contribution is -2.14. The minimum atomic E-state index is -1.16. The maximum atomic E-state index is 11.2. The Morgan fingerprint density at radius 2 is 2.16 bits per heavy atom. The molecular formula is C12H12N4O3. The van der Waals surface area contributed by atoms with Crippen LogP contribution in [-0.2, 0) is 4.79 Å². The Labute approximate surface area is 108 Å². The van der Waals surface area contributed by atoms with Crippen LogP contribution in [0, 0.1) is 6.92 Å². The van der Waals surface area contributed by atoms with Gasteiger partial charge < -0.3 is 10.4 Å². The lowest BCUT2D eigenvalue weighted by atomic mass is 10.3. The number of anilines is 1. The molecule has 0 radical (unpaired) electrons. The molecule has 0 fully saturated rings. The van der Waals surface area contributed by atoms with Crippen molar-refractivity contribution in [2.24, 2.45) is 0 Å². The van der Waals surface area contributed by atoms with E-state index in [-0.39, 0.29) is 17.3 Å². The summed E-state index contributed by atoms with van der Waals surface area (Å²) in [6.45, 7) is 3.18. The highest BCUT2D eigenvalue weighted by molar-refractivity contribution is 5.98. The summed E-state index contributed by atoms with van der Waals surface area (Å²) in [5.74, 6) is -1.01. The van der Waals surface area contributed by atoms with Crippen LogP contribution >= 0.6 is 0 Å². The lowest BCUT2D eigenvalue weighted by Gasteiger charge is -2.08. The van der Waals surface area contributed by atoms with Gasteiger partial charge in [0.05, 0.1) is 6.20 Å². The van der Waals surface area contributed by atoms with E-state index in [4.69, 9.17) is 5.11 Å². The fourth-order valence-corrected chi connectivity index (χ4v) is 1.60. The van der Waals surface area contributed by atoms with E-state index in [1.165, 1.54) is 17.8 Å². The predicted octanol–water partition coefficient (Wildman–Crippen LogP) is 1.23. The molecule has 2 rings (SSSR count). The second-order valence-electron chi connectivity index (χ2n) is 4.00. The van der Waals surface area contributed by atoms with E-state index in [1.54, 1.807) is 12.3 Å². The van der Waals surface area contributed by atoms with Crippen molar-refractivity contribution in [1.82, 2.24) is 14.8 Å². The predicted molar refractivity (Wildman–Crippen MR) is 67.4 cm³/mol. The van der Waals surface area contributed by atoms with Crippen molar-refractivity contribution in [3.8, 4) is 5.82 Å². The van der Waals surface area contributed by atoms with Crippen LogP contribution in [0.1, 0.15) is 22.8 Å². The first-order valence-corrected chi connectivity index (χ1v) is 5.51. The minimum absolute atomic E-state index is 0.0847. The number of carboxylic acids is 1. The summed E-state index contributed by atoms with van der Waals surface area (Å²) in [5, 5.41) is 15.5.